The molecule has 3 nitrogen and oxygen atoms in total. The van der Waals surface area contributed by atoms with Gasteiger partial charge in [0.1, 0.15) is 0 Å². The van der Waals surface area contributed by atoms with Gasteiger partial charge in [-0.2, -0.15) is 0 Å². The Morgan fingerprint density at radius 1 is 1.53 bits per heavy atom. The number of hydrogen-bond acceptors (Lipinski definition) is 2. The molecule has 1 aliphatic heterocycles. The SMILES string of the molecule is CC1CC1C(=O)NC1(CBr)CCOCC1. The Bertz CT molecular complexity index is 251. The van der Waals surface area contributed by atoms with E-state index in [0.717, 1.165) is 37.8 Å². The van der Waals surface area contributed by atoms with E-state index >= 15 is 0 Å². The minimum absolute atomic E-state index is 0.0579. The Labute approximate surface area is 99.1 Å². The molecule has 1 heterocycles. The first kappa shape index (κ1) is 11.4. The van der Waals surface area contributed by atoms with Crippen molar-refractivity contribution in [3.05, 3.63) is 0 Å². The van der Waals surface area contributed by atoms with Gasteiger partial charge in [-0.15, -0.1) is 0 Å². The number of nitrogens with one attached hydrogen (secondary N) is 1. The van der Waals surface area contributed by atoms with Crippen molar-refractivity contribution in [2.24, 2.45) is 11.8 Å². The highest BCUT2D eigenvalue weighted by molar-refractivity contribution is 9.09. The van der Waals surface area contributed by atoms with Crippen LogP contribution in [-0.2, 0) is 9.53 Å². The number of hydrogen-bond donors (Lipinski definition) is 1. The van der Waals surface area contributed by atoms with Crippen LogP contribution in [0, 0.1) is 11.8 Å². The average Bonchev–Trinajstić information content (AvgIpc) is 2.97. The van der Waals surface area contributed by atoms with E-state index in [2.05, 4.69) is 28.2 Å². The number of alkyl halides is 1. The zero-order valence-corrected chi connectivity index (χ0v) is 10.7. The lowest BCUT2D eigenvalue weighted by atomic mass is 9.92. The van der Waals surface area contributed by atoms with Crippen molar-refractivity contribution in [3.63, 3.8) is 0 Å². The molecule has 2 fully saturated rings. The molecule has 4 heteroatoms. The predicted molar refractivity (Wildman–Crippen MR) is 62.0 cm³/mol. The highest BCUT2D eigenvalue weighted by Crippen LogP contribution is 2.38. The smallest absolute Gasteiger partial charge is 0.223 e. The Balaban J connectivity index is 1.91. The molecule has 1 amide bonds. The molecule has 0 aromatic rings. The quantitative estimate of drug-likeness (QED) is 0.797. The molecule has 0 spiro atoms. The zero-order chi connectivity index (χ0) is 10.9. The Morgan fingerprint density at radius 3 is 2.60 bits per heavy atom. The van der Waals surface area contributed by atoms with Crippen LogP contribution >= 0.6 is 15.9 Å². The molecule has 2 aliphatic rings. The maximum atomic E-state index is 11.9. The van der Waals surface area contributed by atoms with Gasteiger partial charge in [0.15, 0.2) is 0 Å². The number of carbonyl (C=O) groups excluding carboxylic acids is 1. The van der Waals surface area contributed by atoms with Crippen molar-refractivity contribution < 1.29 is 9.53 Å². The number of ether oxygens (including phenoxy) is 1. The lowest BCUT2D eigenvalue weighted by Crippen LogP contribution is -2.53. The van der Waals surface area contributed by atoms with E-state index in [1.807, 2.05) is 0 Å². The van der Waals surface area contributed by atoms with Crippen molar-refractivity contribution in [2.45, 2.75) is 31.7 Å². The zero-order valence-electron chi connectivity index (χ0n) is 9.09. The molecule has 0 aromatic carbocycles. The van der Waals surface area contributed by atoms with Crippen molar-refractivity contribution in [1.82, 2.24) is 5.32 Å². The van der Waals surface area contributed by atoms with E-state index in [1.165, 1.54) is 0 Å². The van der Waals surface area contributed by atoms with E-state index < -0.39 is 0 Å². The van der Waals surface area contributed by atoms with Gasteiger partial charge in [0.05, 0.1) is 5.54 Å². The van der Waals surface area contributed by atoms with E-state index in [4.69, 9.17) is 4.74 Å². The highest BCUT2D eigenvalue weighted by Gasteiger charge is 2.42. The standard InChI is InChI=1S/C11H18BrNO2/c1-8-6-9(8)10(14)13-11(7-12)2-4-15-5-3-11/h8-9H,2-7H2,1H3,(H,13,14). The van der Waals surface area contributed by atoms with Gasteiger partial charge < -0.3 is 10.1 Å². The maximum Gasteiger partial charge on any atom is 0.223 e. The summed E-state index contributed by atoms with van der Waals surface area (Å²) in [5.41, 5.74) is -0.0579. The summed E-state index contributed by atoms with van der Waals surface area (Å²) in [6.07, 6.45) is 2.90. The molecule has 1 aliphatic carbocycles. The van der Waals surface area contributed by atoms with Gasteiger partial charge in [-0.3, -0.25) is 4.79 Å². The molecule has 1 N–H and O–H groups in total. The first-order valence-electron chi connectivity index (χ1n) is 5.63. The van der Waals surface area contributed by atoms with Crippen LogP contribution in [0.1, 0.15) is 26.2 Å². The fourth-order valence-electron chi connectivity index (χ4n) is 2.10. The highest BCUT2D eigenvalue weighted by atomic mass is 79.9. The van der Waals surface area contributed by atoms with Gasteiger partial charge >= 0.3 is 0 Å². The fraction of sp³-hybridized carbons (Fsp3) is 0.909. The average molecular weight is 276 g/mol. The van der Waals surface area contributed by atoms with Gasteiger partial charge in [-0.05, 0) is 25.2 Å². The van der Waals surface area contributed by atoms with Crippen LogP contribution in [0.5, 0.6) is 0 Å². The van der Waals surface area contributed by atoms with Crippen molar-refractivity contribution in [2.75, 3.05) is 18.5 Å². The second kappa shape index (κ2) is 4.42. The summed E-state index contributed by atoms with van der Waals surface area (Å²) in [5.74, 6) is 1.09. The van der Waals surface area contributed by atoms with Crippen LogP contribution in [0.2, 0.25) is 0 Å². The van der Waals surface area contributed by atoms with Crippen LogP contribution in [0.15, 0.2) is 0 Å². The Hall–Kier alpha value is -0.0900. The molecule has 0 bridgehead atoms. The summed E-state index contributed by atoms with van der Waals surface area (Å²) in [5, 5.41) is 4.04. The van der Waals surface area contributed by atoms with E-state index in [9.17, 15) is 4.79 Å². The number of rotatable bonds is 3. The predicted octanol–water partition coefficient (Wildman–Crippen LogP) is 1.70. The number of halogens is 1. The number of amides is 1. The van der Waals surface area contributed by atoms with Gasteiger partial charge in [0.2, 0.25) is 5.91 Å². The molecular formula is C11H18BrNO2. The summed E-state index contributed by atoms with van der Waals surface area (Å²) in [4.78, 5) is 11.9. The lowest BCUT2D eigenvalue weighted by Gasteiger charge is -2.36. The van der Waals surface area contributed by atoms with E-state index in [-0.39, 0.29) is 17.4 Å². The summed E-state index contributed by atoms with van der Waals surface area (Å²) < 4.78 is 5.33. The molecule has 1 saturated carbocycles. The third-order valence-electron chi connectivity index (χ3n) is 3.54. The first-order valence-corrected chi connectivity index (χ1v) is 6.75. The minimum Gasteiger partial charge on any atom is -0.381 e. The monoisotopic (exact) mass is 275 g/mol. The van der Waals surface area contributed by atoms with Crippen molar-refractivity contribution >= 4 is 21.8 Å². The third-order valence-corrected chi connectivity index (χ3v) is 4.61. The van der Waals surface area contributed by atoms with Gasteiger partial charge in [-0.1, -0.05) is 22.9 Å². The summed E-state index contributed by atoms with van der Waals surface area (Å²) in [6, 6.07) is 0. The topological polar surface area (TPSA) is 38.3 Å². The summed E-state index contributed by atoms with van der Waals surface area (Å²) in [6.45, 7) is 3.65. The number of carbonyl (C=O) groups is 1. The van der Waals surface area contributed by atoms with Crippen LogP contribution < -0.4 is 5.32 Å². The first-order chi connectivity index (χ1) is 7.17. The molecule has 0 aromatic heterocycles. The maximum absolute atomic E-state index is 11.9. The Morgan fingerprint density at radius 2 is 2.13 bits per heavy atom. The molecule has 2 rings (SSSR count). The molecule has 2 unspecified atom stereocenters. The van der Waals surface area contributed by atoms with Crippen LogP contribution in [0.4, 0.5) is 0 Å². The van der Waals surface area contributed by atoms with Gasteiger partial charge in [0.25, 0.3) is 0 Å². The molecule has 15 heavy (non-hydrogen) atoms. The molecule has 1 saturated heterocycles. The Kier molecular flexibility index (Phi) is 3.36. The largest absolute Gasteiger partial charge is 0.381 e. The second-order valence-electron chi connectivity index (χ2n) is 4.84. The second-order valence-corrected chi connectivity index (χ2v) is 5.40. The van der Waals surface area contributed by atoms with Crippen LogP contribution in [0.3, 0.4) is 0 Å². The van der Waals surface area contributed by atoms with Gasteiger partial charge in [0, 0.05) is 24.5 Å². The molecule has 2 atom stereocenters. The lowest BCUT2D eigenvalue weighted by molar-refractivity contribution is -0.125. The normalized spacial score (nSPS) is 33.5. The molecular weight excluding hydrogens is 258 g/mol. The minimum atomic E-state index is -0.0579. The van der Waals surface area contributed by atoms with Crippen molar-refractivity contribution in [3.8, 4) is 0 Å². The summed E-state index contributed by atoms with van der Waals surface area (Å²) in [7, 11) is 0. The molecule has 0 radical (unpaired) electrons. The summed E-state index contributed by atoms with van der Waals surface area (Å²) >= 11 is 3.51. The van der Waals surface area contributed by atoms with Crippen molar-refractivity contribution in [1.29, 1.82) is 0 Å². The van der Waals surface area contributed by atoms with Crippen LogP contribution in [0.25, 0.3) is 0 Å². The van der Waals surface area contributed by atoms with Gasteiger partial charge in [-0.25, -0.2) is 0 Å². The third kappa shape index (κ3) is 2.53. The molecule has 86 valence electrons. The van der Waals surface area contributed by atoms with E-state index in [0.29, 0.717) is 5.92 Å². The van der Waals surface area contributed by atoms with E-state index in [1.54, 1.807) is 0 Å². The van der Waals surface area contributed by atoms with Crippen LogP contribution in [-0.4, -0.2) is 30.0 Å². The fourth-order valence-corrected chi connectivity index (χ4v) is 2.80.